The highest BCUT2D eigenvalue weighted by molar-refractivity contribution is 6.35. The summed E-state index contributed by atoms with van der Waals surface area (Å²) in [6.45, 7) is 2.99. The van der Waals surface area contributed by atoms with Crippen LogP contribution in [0.5, 0.6) is 0 Å². The number of nitrogens with zero attached hydrogens (tertiary/aromatic N) is 1. The topological polar surface area (TPSA) is 52.6 Å². The van der Waals surface area contributed by atoms with Crippen LogP contribution in [-0.4, -0.2) is 35.7 Å². The summed E-state index contributed by atoms with van der Waals surface area (Å²) < 4.78 is 0. The van der Waals surface area contributed by atoms with Gasteiger partial charge in [-0.3, -0.25) is 0 Å². The maximum Gasteiger partial charge on any atom is 0.317 e. The van der Waals surface area contributed by atoms with Gasteiger partial charge < -0.3 is 15.3 Å². The summed E-state index contributed by atoms with van der Waals surface area (Å²) in [6, 6.07) is 4.90. The fraction of sp³-hybridized carbons (Fsp3) is 0.417. The monoisotopic (exact) mass is 290 g/mol. The van der Waals surface area contributed by atoms with Crippen molar-refractivity contribution >= 4 is 29.2 Å². The molecule has 0 aliphatic rings. The number of amides is 2. The molecule has 0 radical (unpaired) electrons. The van der Waals surface area contributed by atoms with Crippen molar-refractivity contribution in [2.45, 2.75) is 13.5 Å². The molecule has 0 atom stereocenters. The fourth-order valence-corrected chi connectivity index (χ4v) is 1.95. The number of benzene rings is 1. The summed E-state index contributed by atoms with van der Waals surface area (Å²) in [4.78, 5) is 13.3. The van der Waals surface area contributed by atoms with E-state index in [-0.39, 0.29) is 12.6 Å². The fourth-order valence-electron chi connectivity index (χ4n) is 1.47. The smallest absolute Gasteiger partial charge is 0.317 e. The molecule has 6 heteroatoms. The molecule has 0 spiro atoms. The second kappa shape index (κ2) is 7.46. The third-order valence-electron chi connectivity index (χ3n) is 2.48. The summed E-state index contributed by atoms with van der Waals surface area (Å²) in [5.41, 5.74) is 0.800. The van der Waals surface area contributed by atoms with E-state index in [2.05, 4.69) is 5.32 Å². The Morgan fingerprint density at radius 1 is 1.44 bits per heavy atom. The van der Waals surface area contributed by atoms with Crippen molar-refractivity contribution in [3.8, 4) is 0 Å². The minimum Gasteiger partial charge on any atom is -0.395 e. The molecule has 0 fully saturated rings. The number of hydrogen-bond donors (Lipinski definition) is 2. The molecular weight excluding hydrogens is 275 g/mol. The minimum atomic E-state index is -0.224. The number of aliphatic hydroxyl groups is 1. The van der Waals surface area contributed by atoms with E-state index < -0.39 is 0 Å². The molecule has 18 heavy (non-hydrogen) atoms. The number of rotatable bonds is 5. The van der Waals surface area contributed by atoms with Crippen LogP contribution in [0.15, 0.2) is 18.2 Å². The number of aliphatic hydroxyl groups excluding tert-OH is 1. The number of likely N-dealkylation sites (N-methyl/N-ethyl adjacent to an activating group) is 1. The first-order valence-corrected chi connectivity index (χ1v) is 6.41. The lowest BCUT2D eigenvalue weighted by Gasteiger charge is -2.20. The number of urea groups is 1. The van der Waals surface area contributed by atoms with Gasteiger partial charge in [-0.15, -0.1) is 0 Å². The SMILES string of the molecule is CCN(CCO)C(=O)NCc1ccc(Cl)cc1Cl. The van der Waals surface area contributed by atoms with Crippen LogP contribution in [0.2, 0.25) is 10.0 Å². The molecule has 1 aromatic rings. The van der Waals surface area contributed by atoms with Gasteiger partial charge in [-0.25, -0.2) is 4.79 Å². The third kappa shape index (κ3) is 4.37. The highest BCUT2D eigenvalue weighted by atomic mass is 35.5. The first-order valence-electron chi connectivity index (χ1n) is 5.66. The maximum atomic E-state index is 11.8. The van der Waals surface area contributed by atoms with Gasteiger partial charge >= 0.3 is 6.03 Å². The van der Waals surface area contributed by atoms with Gasteiger partial charge in [-0.2, -0.15) is 0 Å². The molecule has 0 unspecified atom stereocenters. The second-order valence-electron chi connectivity index (χ2n) is 3.70. The van der Waals surface area contributed by atoms with Crippen LogP contribution in [-0.2, 0) is 6.54 Å². The summed E-state index contributed by atoms with van der Waals surface area (Å²) in [7, 11) is 0. The van der Waals surface area contributed by atoms with Gasteiger partial charge in [0.15, 0.2) is 0 Å². The quantitative estimate of drug-likeness (QED) is 0.876. The summed E-state index contributed by atoms with van der Waals surface area (Å²) in [6.07, 6.45) is 0. The van der Waals surface area contributed by atoms with Gasteiger partial charge in [-0.1, -0.05) is 29.3 Å². The van der Waals surface area contributed by atoms with Crippen molar-refractivity contribution in [3.63, 3.8) is 0 Å². The first-order chi connectivity index (χ1) is 8.58. The van der Waals surface area contributed by atoms with E-state index >= 15 is 0 Å². The first kappa shape index (κ1) is 15.1. The average molecular weight is 291 g/mol. The Kier molecular flexibility index (Phi) is 6.25. The molecule has 0 bridgehead atoms. The van der Waals surface area contributed by atoms with Crippen LogP contribution in [0.4, 0.5) is 4.79 Å². The summed E-state index contributed by atoms with van der Waals surface area (Å²) in [5.74, 6) is 0. The van der Waals surface area contributed by atoms with Gasteiger partial charge in [0.25, 0.3) is 0 Å². The second-order valence-corrected chi connectivity index (χ2v) is 4.54. The molecular formula is C12H16Cl2N2O2. The Morgan fingerprint density at radius 2 is 2.17 bits per heavy atom. The average Bonchev–Trinajstić information content (AvgIpc) is 2.34. The Morgan fingerprint density at radius 3 is 2.72 bits per heavy atom. The van der Waals surface area contributed by atoms with Crippen molar-refractivity contribution in [1.82, 2.24) is 10.2 Å². The minimum absolute atomic E-state index is 0.0526. The van der Waals surface area contributed by atoms with Crippen LogP contribution < -0.4 is 5.32 Å². The summed E-state index contributed by atoms with van der Waals surface area (Å²) >= 11 is 11.8. The number of hydrogen-bond acceptors (Lipinski definition) is 2. The standard InChI is InChI=1S/C12H16Cl2N2O2/c1-2-16(5-6-17)12(18)15-8-9-3-4-10(13)7-11(9)14/h3-4,7,17H,2,5-6,8H2,1H3,(H,15,18). The number of carbonyl (C=O) groups is 1. The molecule has 0 saturated carbocycles. The zero-order chi connectivity index (χ0) is 13.5. The molecule has 4 nitrogen and oxygen atoms in total. The van der Waals surface area contributed by atoms with E-state index in [0.29, 0.717) is 29.7 Å². The maximum absolute atomic E-state index is 11.8. The Labute approximate surface area is 116 Å². The zero-order valence-electron chi connectivity index (χ0n) is 10.1. The van der Waals surface area contributed by atoms with Gasteiger partial charge in [0, 0.05) is 29.7 Å². The molecule has 100 valence electrons. The van der Waals surface area contributed by atoms with Crippen LogP contribution >= 0.6 is 23.2 Å². The van der Waals surface area contributed by atoms with Gasteiger partial charge in [-0.05, 0) is 24.6 Å². The Hall–Kier alpha value is -0.970. The van der Waals surface area contributed by atoms with Crippen molar-refractivity contribution in [1.29, 1.82) is 0 Å². The van der Waals surface area contributed by atoms with Gasteiger partial charge in [0.05, 0.1) is 6.61 Å². The lowest BCUT2D eigenvalue weighted by atomic mass is 10.2. The molecule has 1 rings (SSSR count). The van der Waals surface area contributed by atoms with Gasteiger partial charge in [0.2, 0.25) is 0 Å². The van der Waals surface area contributed by atoms with Crippen LogP contribution in [0.3, 0.4) is 0 Å². The third-order valence-corrected chi connectivity index (χ3v) is 3.07. The van der Waals surface area contributed by atoms with E-state index in [1.807, 2.05) is 6.92 Å². The van der Waals surface area contributed by atoms with Crippen LogP contribution in [0.25, 0.3) is 0 Å². The lowest BCUT2D eigenvalue weighted by molar-refractivity contribution is 0.180. The normalized spacial score (nSPS) is 10.2. The van der Waals surface area contributed by atoms with Crippen molar-refractivity contribution in [2.75, 3.05) is 19.7 Å². The summed E-state index contributed by atoms with van der Waals surface area (Å²) in [5, 5.41) is 12.6. The predicted octanol–water partition coefficient (Wildman–Crippen LogP) is 2.52. The molecule has 2 amide bonds. The van der Waals surface area contributed by atoms with E-state index in [1.165, 1.54) is 4.90 Å². The molecule has 1 aromatic carbocycles. The largest absolute Gasteiger partial charge is 0.395 e. The van der Waals surface area contributed by atoms with Crippen LogP contribution in [0, 0.1) is 0 Å². The highest BCUT2D eigenvalue weighted by Crippen LogP contribution is 2.20. The molecule has 0 aliphatic heterocycles. The zero-order valence-corrected chi connectivity index (χ0v) is 11.6. The highest BCUT2D eigenvalue weighted by Gasteiger charge is 2.10. The van der Waals surface area contributed by atoms with Crippen molar-refractivity contribution in [3.05, 3.63) is 33.8 Å². The number of halogens is 2. The van der Waals surface area contributed by atoms with Crippen molar-refractivity contribution < 1.29 is 9.90 Å². The predicted molar refractivity (Wildman–Crippen MR) is 73.0 cm³/mol. The van der Waals surface area contributed by atoms with Gasteiger partial charge in [0.1, 0.15) is 0 Å². The van der Waals surface area contributed by atoms with E-state index in [1.54, 1.807) is 18.2 Å². The number of carbonyl (C=O) groups excluding carboxylic acids is 1. The Balaban J connectivity index is 2.56. The lowest BCUT2D eigenvalue weighted by Crippen LogP contribution is -2.41. The molecule has 2 N–H and O–H groups in total. The molecule has 0 aromatic heterocycles. The van der Waals surface area contributed by atoms with E-state index in [9.17, 15) is 4.79 Å². The number of nitrogens with one attached hydrogen (secondary N) is 1. The van der Waals surface area contributed by atoms with Crippen LogP contribution in [0.1, 0.15) is 12.5 Å². The molecule has 0 saturated heterocycles. The molecule has 0 heterocycles. The van der Waals surface area contributed by atoms with E-state index in [4.69, 9.17) is 28.3 Å². The Bertz CT molecular complexity index is 413. The van der Waals surface area contributed by atoms with Crippen molar-refractivity contribution in [2.24, 2.45) is 0 Å². The van der Waals surface area contributed by atoms with E-state index in [0.717, 1.165) is 5.56 Å². The molecule has 0 aliphatic carbocycles.